The van der Waals surface area contributed by atoms with Gasteiger partial charge in [0.05, 0.1) is 0 Å². The fourth-order valence-corrected chi connectivity index (χ4v) is 3.99. The molecule has 0 bridgehead atoms. The molecule has 26 heavy (non-hydrogen) atoms. The van der Waals surface area contributed by atoms with Crippen molar-refractivity contribution in [2.24, 2.45) is 9.79 Å². The van der Waals surface area contributed by atoms with E-state index in [4.69, 9.17) is 0 Å². The van der Waals surface area contributed by atoms with Crippen molar-refractivity contribution in [2.45, 2.75) is 43.9 Å². The van der Waals surface area contributed by atoms with E-state index in [0.717, 1.165) is 32.5 Å². The van der Waals surface area contributed by atoms with Gasteiger partial charge >= 0.3 is 157 Å². The van der Waals surface area contributed by atoms with E-state index < -0.39 is 0 Å². The van der Waals surface area contributed by atoms with Crippen LogP contribution in [-0.4, -0.2) is 107 Å². The van der Waals surface area contributed by atoms with Crippen molar-refractivity contribution in [1.29, 1.82) is 0 Å². The first-order valence-corrected chi connectivity index (χ1v) is 9.27. The van der Waals surface area contributed by atoms with Crippen LogP contribution < -0.4 is 10.6 Å². The predicted octanol–water partition coefficient (Wildman–Crippen LogP) is -2.03. The Hall–Kier alpha value is -1.25. The van der Waals surface area contributed by atoms with Gasteiger partial charge < -0.3 is 0 Å². The second-order valence-corrected chi connectivity index (χ2v) is 7.37. The number of likely N-dealkylation sites (N-methyl/N-ethyl adjacent to an activating group) is 1. The van der Waals surface area contributed by atoms with Crippen LogP contribution in [0.15, 0.2) is 9.79 Å². The van der Waals surface area contributed by atoms with E-state index in [1.54, 1.807) is 6.92 Å². The summed E-state index contributed by atoms with van der Waals surface area (Å²) in [4.78, 5) is 36.4. The standard InChI is InChI=1S/C16H30B2N6O2/c1-11(25)7-23-8-13(22-18)4-15(23)6-20-16(26)10-24-9-12(21-17)3-14(24)5-19-2/h12-15,17-19H,3-10H2,1-2H3,(H,20,26). The molecule has 0 aromatic heterocycles. The Morgan fingerprint density at radius 1 is 1.00 bits per heavy atom. The van der Waals surface area contributed by atoms with E-state index in [-0.39, 0.29) is 29.8 Å². The molecule has 2 N–H and O–H groups in total. The number of ketones is 1. The summed E-state index contributed by atoms with van der Waals surface area (Å²) in [5.41, 5.74) is 0. The van der Waals surface area contributed by atoms with E-state index in [1.807, 2.05) is 7.05 Å². The van der Waals surface area contributed by atoms with Crippen molar-refractivity contribution in [3.63, 3.8) is 0 Å². The van der Waals surface area contributed by atoms with Gasteiger partial charge in [-0.2, -0.15) is 0 Å². The molecular weight excluding hydrogens is 330 g/mol. The third kappa shape index (κ3) is 5.89. The Balaban J connectivity index is 1.84. The molecule has 2 rings (SSSR count). The second kappa shape index (κ2) is 10.2. The van der Waals surface area contributed by atoms with Crippen molar-refractivity contribution < 1.29 is 9.59 Å². The number of Topliss-reactive ketones (excluding diaryl/α,β-unsaturated/α-hetero) is 1. The first-order chi connectivity index (χ1) is 12.5. The van der Waals surface area contributed by atoms with E-state index in [1.165, 1.54) is 0 Å². The molecule has 2 aliphatic heterocycles. The molecule has 0 aromatic carbocycles. The number of carbonyl (C=O) groups excluding carboxylic acids is 2. The Kier molecular flexibility index (Phi) is 8.24. The Morgan fingerprint density at radius 3 is 2.04 bits per heavy atom. The molecule has 2 fully saturated rings. The number of nitrogens with one attached hydrogen (secondary N) is 2. The van der Waals surface area contributed by atoms with Crippen molar-refractivity contribution >= 4 is 27.0 Å². The number of hydrogen-bond donors (Lipinski definition) is 2. The third-order valence-corrected chi connectivity index (χ3v) is 5.28. The molecular formula is C16H30B2N6O2. The summed E-state index contributed by atoms with van der Waals surface area (Å²) in [5, 5.41) is 6.21. The fraction of sp³-hybridized carbons (Fsp3) is 0.875. The maximum atomic E-state index is 12.4. The van der Waals surface area contributed by atoms with Gasteiger partial charge in [0.1, 0.15) is 0 Å². The first-order valence-electron chi connectivity index (χ1n) is 9.27. The third-order valence-electron chi connectivity index (χ3n) is 5.28. The molecule has 2 saturated heterocycles. The van der Waals surface area contributed by atoms with Crippen LogP contribution in [0.4, 0.5) is 0 Å². The predicted molar refractivity (Wildman–Crippen MR) is 104 cm³/mol. The molecule has 4 atom stereocenters. The van der Waals surface area contributed by atoms with Crippen molar-refractivity contribution in [1.82, 2.24) is 20.4 Å². The van der Waals surface area contributed by atoms with Gasteiger partial charge in [0.2, 0.25) is 0 Å². The van der Waals surface area contributed by atoms with Crippen LogP contribution in [0.5, 0.6) is 0 Å². The van der Waals surface area contributed by atoms with Crippen LogP contribution in [0.3, 0.4) is 0 Å². The van der Waals surface area contributed by atoms with Gasteiger partial charge in [-0.3, -0.25) is 0 Å². The number of nitrogens with zero attached hydrogens (tertiary/aromatic N) is 4. The number of hydrogen-bond acceptors (Lipinski definition) is 7. The van der Waals surface area contributed by atoms with Crippen molar-refractivity contribution in [2.75, 3.05) is 46.3 Å². The van der Waals surface area contributed by atoms with Gasteiger partial charge in [0.25, 0.3) is 0 Å². The minimum absolute atomic E-state index is 0.00797. The van der Waals surface area contributed by atoms with Crippen LogP contribution in [0, 0.1) is 0 Å². The summed E-state index contributed by atoms with van der Waals surface area (Å²) in [7, 11) is 9.18. The van der Waals surface area contributed by atoms with E-state index >= 15 is 0 Å². The Labute approximate surface area is 157 Å². The van der Waals surface area contributed by atoms with Crippen LogP contribution >= 0.6 is 0 Å². The quantitative estimate of drug-likeness (QED) is 0.439. The summed E-state index contributed by atoms with van der Waals surface area (Å²) >= 11 is 0. The average Bonchev–Trinajstić information content (AvgIpc) is 3.16. The Bertz CT molecular complexity index is 535. The van der Waals surface area contributed by atoms with Crippen molar-refractivity contribution in [3.8, 4) is 0 Å². The number of likely N-dealkylation sites (tertiary alicyclic amines) is 2. The van der Waals surface area contributed by atoms with Crippen LogP contribution in [-0.2, 0) is 9.59 Å². The molecule has 142 valence electrons. The van der Waals surface area contributed by atoms with Gasteiger partial charge in [-0.15, -0.1) is 0 Å². The topological polar surface area (TPSA) is 89.4 Å². The number of amides is 1. The van der Waals surface area contributed by atoms with Crippen molar-refractivity contribution in [3.05, 3.63) is 0 Å². The molecule has 10 heteroatoms. The molecule has 4 unspecified atom stereocenters. The van der Waals surface area contributed by atoms with E-state index in [0.29, 0.717) is 25.7 Å². The normalized spacial score (nSPS) is 29.5. The van der Waals surface area contributed by atoms with Crippen LogP contribution in [0.1, 0.15) is 19.8 Å². The minimum atomic E-state index is 0.00797. The molecule has 0 aromatic rings. The molecule has 2 heterocycles. The molecule has 0 spiro atoms. The fourth-order valence-electron chi connectivity index (χ4n) is 3.99. The number of rotatable bonds is 10. The summed E-state index contributed by atoms with van der Waals surface area (Å²) in [6, 6.07) is 0.764. The monoisotopic (exact) mass is 360 g/mol. The SMILES string of the molecule is B=NC1CC(CNC(=O)CN2CC(N=B)CC2CNC)N(CC(C)=O)C1. The Morgan fingerprint density at radius 2 is 1.54 bits per heavy atom. The number of carbonyl (C=O) groups is 2. The van der Waals surface area contributed by atoms with Gasteiger partial charge in [-0.1, -0.05) is 0 Å². The maximum absolute atomic E-state index is 12.4. The molecule has 2 aliphatic rings. The average molecular weight is 360 g/mol. The molecule has 0 aliphatic carbocycles. The summed E-state index contributed by atoms with van der Waals surface area (Å²) in [6.07, 6.45) is 1.75. The zero-order valence-electron chi connectivity index (χ0n) is 16.0. The second-order valence-electron chi connectivity index (χ2n) is 7.37. The molecule has 8 nitrogen and oxygen atoms in total. The van der Waals surface area contributed by atoms with Gasteiger partial charge in [0.15, 0.2) is 0 Å². The van der Waals surface area contributed by atoms with E-state index in [9.17, 15) is 9.59 Å². The van der Waals surface area contributed by atoms with Gasteiger partial charge in [0, 0.05) is 0 Å². The molecule has 0 saturated carbocycles. The summed E-state index contributed by atoms with van der Waals surface area (Å²) < 4.78 is 0. The van der Waals surface area contributed by atoms with Gasteiger partial charge in [-0.25, -0.2) is 0 Å². The van der Waals surface area contributed by atoms with E-state index in [2.05, 4.69) is 45.5 Å². The zero-order valence-corrected chi connectivity index (χ0v) is 16.0. The first kappa shape index (κ1) is 21.1. The van der Waals surface area contributed by atoms with Crippen LogP contribution in [0.25, 0.3) is 0 Å². The molecule has 1 amide bonds. The zero-order chi connectivity index (χ0) is 19.1. The summed E-state index contributed by atoms with van der Waals surface area (Å²) in [5.74, 6) is 0.134. The van der Waals surface area contributed by atoms with Gasteiger partial charge in [-0.05, 0) is 0 Å². The summed E-state index contributed by atoms with van der Waals surface area (Å²) in [6.45, 7) is 5.21. The van der Waals surface area contributed by atoms with Crippen LogP contribution in [0.2, 0.25) is 0 Å². The molecule has 0 radical (unpaired) electrons.